The number of aliphatic carboxylic acids is 1. The molecule has 4 N–H and O–H groups in total. The Labute approximate surface area is 122 Å². The molecule has 0 amide bonds. The monoisotopic (exact) mass is 402 g/mol. The summed E-state index contributed by atoms with van der Waals surface area (Å²) in [5.74, 6) is -0.833. The second-order valence-electron chi connectivity index (χ2n) is 1.30. The van der Waals surface area contributed by atoms with Gasteiger partial charge in [-0.05, 0) is 0 Å². The first-order valence-electron chi connectivity index (χ1n) is 2.67. The van der Waals surface area contributed by atoms with Crippen LogP contribution >= 0.6 is 29.4 Å². The minimum Gasteiger partial charge on any atom is -0.483 e. The fourth-order valence-electron chi connectivity index (χ4n) is 0. The molecule has 12 nitrogen and oxygen atoms in total. The van der Waals surface area contributed by atoms with Gasteiger partial charge in [0.05, 0.1) is 5.09 Å². The van der Waals surface area contributed by atoms with E-state index >= 15 is 0 Å². The zero-order valence-electron chi connectivity index (χ0n) is 8.80. The quantitative estimate of drug-likeness (QED) is 0.183. The highest BCUT2D eigenvalue weighted by Crippen LogP contribution is 1.59. The fourth-order valence-corrected chi connectivity index (χ4v) is 0. The van der Waals surface area contributed by atoms with Gasteiger partial charge in [-0.2, -0.15) is 8.42 Å². The Morgan fingerprint density at radius 1 is 1.26 bits per heavy atom. The number of hydrogen-bond donors (Lipinski definition) is 4. The lowest BCUT2D eigenvalue weighted by Gasteiger charge is -1.74. The Balaban J connectivity index is -0.0000000195. The predicted octanol–water partition coefficient (Wildman–Crippen LogP) is 0.0520. The smallest absolute Gasteiger partial charge is 0.394 e. The zero-order chi connectivity index (χ0) is 14.4. The Morgan fingerprint density at radius 3 is 1.26 bits per heavy atom. The van der Waals surface area contributed by atoms with Crippen molar-refractivity contribution >= 4 is 52.2 Å². The molecule has 0 aromatic carbocycles. The van der Waals surface area contributed by atoms with Gasteiger partial charge in [-0.1, -0.05) is 0 Å². The third-order valence-electron chi connectivity index (χ3n) is 0. The molecule has 16 heteroatoms. The summed E-state index contributed by atoms with van der Waals surface area (Å²) in [6, 6.07) is 0. The number of hydrogen-bond acceptors (Lipinski definition) is 7. The molecule has 122 valence electrons. The van der Waals surface area contributed by atoms with Crippen molar-refractivity contribution in [2.75, 3.05) is 0 Å². The van der Waals surface area contributed by atoms with Crippen LogP contribution in [0, 0.1) is 15.3 Å². The minimum absolute atomic E-state index is 0. The van der Waals surface area contributed by atoms with Crippen LogP contribution in [0.4, 0.5) is 4.70 Å². The first kappa shape index (κ1) is 43.1. The molecule has 0 radical (unpaired) electrons. The van der Waals surface area contributed by atoms with Crippen LogP contribution in [-0.2, 0) is 20.0 Å². The number of rotatable bonds is 0. The van der Waals surface area contributed by atoms with Crippen LogP contribution in [0.5, 0.6) is 0 Å². The van der Waals surface area contributed by atoms with E-state index in [2.05, 4.69) is 0 Å². The summed E-state index contributed by atoms with van der Waals surface area (Å²) in [5, 5.41) is 29.1. The summed E-state index contributed by atoms with van der Waals surface area (Å²) in [5.41, 5.74) is 0. The van der Waals surface area contributed by atoms with Crippen LogP contribution in [0.25, 0.3) is 0 Å². The first-order chi connectivity index (χ1) is 6.88. The lowest BCUT2D eigenvalue weighted by atomic mass is 10.9. The van der Waals surface area contributed by atoms with E-state index in [0.29, 0.717) is 0 Å². The molecule has 19 heavy (non-hydrogen) atoms. The van der Waals surface area contributed by atoms with Gasteiger partial charge in [0.1, 0.15) is 0 Å². The highest BCUT2D eigenvalue weighted by atomic mass is 79.9. The number of carboxylic acids is 1. The molecule has 0 atom stereocenters. The van der Waals surface area contributed by atoms with Crippen molar-refractivity contribution in [3.8, 4) is 0 Å². The van der Waals surface area contributed by atoms with Crippen LogP contribution in [0.3, 0.4) is 0 Å². The van der Waals surface area contributed by atoms with Crippen molar-refractivity contribution in [3.05, 3.63) is 15.3 Å². The second-order valence-corrected chi connectivity index (χ2v) is 2.19. The van der Waals surface area contributed by atoms with Crippen molar-refractivity contribution in [2.24, 2.45) is 0 Å². The van der Waals surface area contributed by atoms with Crippen LogP contribution < -0.4 is 0 Å². The van der Waals surface area contributed by atoms with E-state index in [0.717, 1.165) is 6.92 Å². The van der Waals surface area contributed by atoms with Gasteiger partial charge < -0.3 is 25.5 Å². The number of carboxylic acid groups (broad SMARTS) is 2. The maximum atomic E-state index is 9.00. The lowest BCUT2D eigenvalue weighted by molar-refractivity contribution is -0.402. The van der Waals surface area contributed by atoms with Gasteiger partial charge in [0.15, 0.2) is 0 Å². The van der Waals surface area contributed by atoms with Gasteiger partial charge in [0, 0.05) is 6.92 Å². The van der Waals surface area contributed by atoms with Gasteiger partial charge in [0.2, 0.25) is 0 Å². The Morgan fingerprint density at radius 2 is 1.26 bits per heavy atom. The second kappa shape index (κ2) is 30.1. The highest BCUT2D eigenvalue weighted by Gasteiger charge is 1.84. The fraction of sp³-hybridized carbons (Fsp3) is 0.333. The van der Waals surface area contributed by atoms with Gasteiger partial charge in [-0.25, -0.2) is 0 Å². The third kappa shape index (κ3) is 2170. The molecule has 0 fully saturated rings. The molecule has 0 aliphatic heterocycles. The average Bonchev–Trinajstić information content (AvgIpc) is 1.78. The molecule has 0 saturated carbocycles. The summed E-state index contributed by atoms with van der Waals surface area (Å²) >= 11 is 0. The number of nitrogens with zero attached hydrogens (tertiary/aromatic N) is 1. The molecular formula is C3H11BrClFNO11S-. The van der Waals surface area contributed by atoms with Crippen molar-refractivity contribution in [1.82, 2.24) is 0 Å². The highest BCUT2D eigenvalue weighted by molar-refractivity contribution is 8.93. The standard InChI is InChI=1S/C2H4O2.CH2O2.BrH.ClH.FH.NO3.H2O4S/c1-2(3)4;2-1-3;;;;2-1(3)4;1-5(2,3)4/h1H3,(H,3,4);1H,(H,2,3);3*1H;;(H2,1,2,3,4)/q;;;;;-1;. The molecule has 0 aliphatic rings. The molecule has 0 heterocycles. The van der Waals surface area contributed by atoms with Gasteiger partial charge in [0.25, 0.3) is 12.4 Å². The molecule has 0 bridgehead atoms. The lowest BCUT2D eigenvalue weighted by Crippen LogP contribution is -1.89. The molecule has 0 rings (SSSR count). The molecular weight excluding hydrogens is 392 g/mol. The predicted molar refractivity (Wildman–Crippen MR) is 66.6 cm³/mol. The SMILES string of the molecule is Br.CC(=O)O.Cl.F.O=CO.O=S(=O)(O)O.O=[N+]([O-])[O-]. The Kier molecular flexibility index (Phi) is 68.2. The van der Waals surface area contributed by atoms with E-state index in [-0.39, 0.29) is 40.6 Å². The Bertz CT molecular complexity index is 268. The van der Waals surface area contributed by atoms with Crippen molar-refractivity contribution < 1.29 is 47.1 Å². The Hall–Kier alpha value is -1.29. The topological polar surface area (TPSA) is 215 Å². The van der Waals surface area contributed by atoms with Crippen molar-refractivity contribution in [3.63, 3.8) is 0 Å². The minimum atomic E-state index is -4.67. The summed E-state index contributed by atoms with van der Waals surface area (Å²) in [6.07, 6.45) is 0. The number of halogens is 3. The molecule has 0 saturated heterocycles. The van der Waals surface area contributed by atoms with Crippen LogP contribution in [0.2, 0.25) is 0 Å². The normalized spacial score (nSPS) is 6.26. The van der Waals surface area contributed by atoms with Gasteiger partial charge in [-0.3, -0.25) is 23.4 Å². The molecule has 0 unspecified atom stereocenters. The first-order valence-corrected chi connectivity index (χ1v) is 4.06. The van der Waals surface area contributed by atoms with E-state index in [4.69, 9.17) is 52.6 Å². The third-order valence-corrected chi connectivity index (χ3v) is 0. The van der Waals surface area contributed by atoms with E-state index in [9.17, 15) is 0 Å². The van der Waals surface area contributed by atoms with Gasteiger partial charge >= 0.3 is 10.4 Å². The van der Waals surface area contributed by atoms with E-state index in [1.165, 1.54) is 0 Å². The molecule has 0 spiro atoms. The summed E-state index contributed by atoms with van der Waals surface area (Å²) in [4.78, 5) is 25.6. The number of carbonyl (C=O) groups is 2. The summed E-state index contributed by atoms with van der Waals surface area (Å²) < 4.78 is 31.6. The largest absolute Gasteiger partial charge is 0.483 e. The van der Waals surface area contributed by atoms with E-state index < -0.39 is 21.5 Å². The van der Waals surface area contributed by atoms with Crippen molar-refractivity contribution in [1.29, 1.82) is 0 Å². The zero-order valence-corrected chi connectivity index (χ0v) is 12.2. The average molecular weight is 404 g/mol. The maximum Gasteiger partial charge on any atom is 0.394 e. The summed E-state index contributed by atoms with van der Waals surface area (Å²) in [6.45, 7) is 0.833. The molecule has 0 aromatic rings. The molecule has 0 aliphatic carbocycles. The van der Waals surface area contributed by atoms with Crippen molar-refractivity contribution in [2.45, 2.75) is 6.92 Å². The van der Waals surface area contributed by atoms with Crippen LogP contribution in [0.1, 0.15) is 6.92 Å². The van der Waals surface area contributed by atoms with E-state index in [1.807, 2.05) is 0 Å². The van der Waals surface area contributed by atoms with Gasteiger partial charge in [-0.15, -0.1) is 29.4 Å². The van der Waals surface area contributed by atoms with Crippen LogP contribution in [0.15, 0.2) is 0 Å². The maximum absolute atomic E-state index is 9.00. The van der Waals surface area contributed by atoms with Crippen LogP contribution in [-0.4, -0.2) is 45.3 Å². The summed E-state index contributed by atoms with van der Waals surface area (Å²) in [7, 11) is -4.67. The van der Waals surface area contributed by atoms with E-state index in [1.54, 1.807) is 0 Å². The molecule has 0 aromatic heterocycles.